The van der Waals surface area contributed by atoms with Gasteiger partial charge >= 0.3 is 0 Å². The lowest BCUT2D eigenvalue weighted by molar-refractivity contribution is 0.199. The third-order valence-corrected chi connectivity index (χ3v) is 5.82. The molecule has 0 aromatic carbocycles. The van der Waals surface area contributed by atoms with Gasteiger partial charge in [0.1, 0.15) is 0 Å². The maximum absolute atomic E-state index is 6.03. The molecule has 102 valence electrons. The molecule has 2 heterocycles. The van der Waals surface area contributed by atoms with Crippen molar-refractivity contribution >= 4 is 11.3 Å². The minimum absolute atomic E-state index is 0.434. The molecule has 0 radical (unpaired) electrons. The lowest BCUT2D eigenvalue weighted by atomic mass is 9.82. The monoisotopic (exact) mass is 266 g/mol. The number of rotatable bonds is 5. The van der Waals surface area contributed by atoms with Gasteiger partial charge in [0.25, 0.3) is 0 Å². The van der Waals surface area contributed by atoms with E-state index >= 15 is 0 Å². The van der Waals surface area contributed by atoms with Crippen molar-refractivity contribution in [2.75, 3.05) is 19.6 Å². The topological polar surface area (TPSA) is 29.3 Å². The first kappa shape index (κ1) is 14.0. The van der Waals surface area contributed by atoms with Crippen molar-refractivity contribution in [1.29, 1.82) is 0 Å². The summed E-state index contributed by atoms with van der Waals surface area (Å²) in [7, 11) is 0. The van der Waals surface area contributed by atoms with E-state index in [4.69, 9.17) is 5.73 Å². The van der Waals surface area contributed by atoms with Gasteiger partial charge in [0, 0.05) is 22.8 Å². The molecule has 2 N–H and O–H groups in total. The van der Waals surface area contributed by atoms with Gasteiger partial charge in [0.2, 0.25) is 0 Å². The van der Waals surface area contributed by atoms with Crippen LogP contribution >= 0.6 is 11.3 Å². The van der Waals surface area contributed by atoms with Crippen LogP contribution in [-0.4, -0.2) is 24.5 Å². The lowest BCUT2D eigenvalue weighted by Crippen LogP contribution is -2.33. The average molecular weight is 266 g/mol. The summed E-state index contributed by atoms with van der Waals surface area (Å²) in [5.74, 6) is 0. The van der Waals surface area contributed by atoms with E-state index in [1.165, 1.54) is 42.1 Å². The van der Waals surface area contributed by atoms with Crippen molar-refractivity contribution in [2.24, 2.45) is 11.1 Å². The third-order valence-electron chi connectivity index (χ3n) is 4.72. The molecule has 18 heavy (non-hydrogen) atoms. The number of hydrogen-bond donors (Lipinski definition) is 1. The van der Waals surface area contributed by atoms with Crippen molar-refractivity contribution in [3.8, 4) is 0 Å². The van der Waals surface area contributed by atoms with Crippen LogP contribution < -0.4 is 5.73 Å². The summed E-state index contributed by atoms with van der Waals surface area (Å²) in [6, 6.07) is 4.91. The van der Waals surface area contributed by atoms with Gasteiger partial charge in [-0.1, -0.05) is 13.8 Å². The van der Waals surface area contributed by atoms with Crippen LogP contribution in [0.4, 0.5) is 0 Å². The molecule has 1 aliphatic heterocycles. The molecule has 0 aliphatic carbocycles. The zero-order valence-corrected chi connectivity index (χ0v) is 12.7. The first-order valence-corrected chi connectivity index (χ1v) is 7.96. The normalized spacial score (nSPS) is 21.3. The Balaban J connectivity index is 2.11. The van der Waals surface area contributed by atoms with Crippen LogP contribution in [-0.2, 0) is 0 Å². The van der Waals surface area contributed by atoms with E-state index in [0.29, 0.717) is 11.5 Å². The van der Waals surface area contributed by atoms with Gasteiger partial charge in [-0.05, 0) is 50.3 Å². The Morgan fingerprint density at radius 2 is 2.11 bits per heavy atom. The Kier molecular flexibility index (Phi) is 4.46. The first-order valence-electron chi connectivity index (χ1n) is 7.14. The average Bonchev–Trinajstić information content (AvgIpc) is 2.99. The van der Waals surface area contributed by atoms with E-state index in [9.17, 15) is 0 Å². The highest BCUT2D eigenvalue weighted by molar-refractivity contribution is 7.12. The minimum atomic E-state index is 0.434. The Morgan fingerprint density at radius 1 is 1.39 bits per heavy atom. The second-order valence-corrected chi connectivity index (χ2v) is 6.95. The first-order chi connectivity index (χ1) is 8.64. The molecule has 1 unspecified atom stereocenters. The summed E-state index contributed by atoms with van der Waals surface area (Å²) in [5.41, 5.74) is 6.57. The van der Waals surface area contributed by atoms with Crippen LogP contribution in [0.15, 0.2) is 12.1 Å². The standard InChI is InChI=1S/C15H26N2S/c1-4-15(5-2)8-9-17(11-15)13(10-16)14-7-6-12(3)18-14/h6-7,13H,4-5,8-11,16H2,1-3H3. The van der Waals surface area contributed by atoms with Crippen LogP contribution in [0, 0.1) is 12.3 Å². The van der Waals surface area contributed by atoms with E-state index in [2.05, 4.69) is 37.8 Å². The van der Waals surface area contributed by atoms with E-state index in [1.807, 2.05) is 11.3 Å². The Labute approximate surface area is 115 Å². The molecule has 1 aromatic heterocycles. The molecule has 0 spiro atoms. The molecule has 0 amide bonds. The highest BCUT2D eigenvalue weighted by atomic mass is 32.1. The Bertz CT molecular complexity index is 382. The Hall–Kier alpha value is -0.380. The molecule has 1 atom stereocenters. The molecule has 1 aromatic rings. The largest absolute Gasteiger partial charge is 0.329 e. The molecular weight excluding hydrogens is 240 g/mol. The number of aryl methyl sites for hydroxylation is 1. The number of nitrogens with zero attached hydrogens (tertiary/aromatic N) is 1. The second-order valence-electron chi connectivity index (χ2n) is 5.63. The fourth-order valence-electron chi connectivity index (χ4n) is 3.14. The van der Waals surface area contributed by atoms with Crippen molar-refractivity contribution in [2.45, 2.75) is 46.1 Å². The molecule has 1 aliphatic rings. The number of hydrogen-bond acceptors (Lipinski definition) is 3. The number of nitrogens with two attached hydrogens (primary N) is 1. The third kappa shape index (κ3) is 2.63. The summed E-state index contributed by atoms with van der Waals surface area (Å²) in [6.45, 7) is 10.0. The van der Waals surface area contributed by atoms with E-state index < -0.39 is 0 Å². The zero-order chi connectivity index (χ0) is 13.2. The molecule has 2 rings (SSSR count). The quantitative estimate of drug-likeness (QED) is 0.883. The maximum atomic E-state index is 6.03. The zero-order valence-electron chi connectivity index (χ0n) is 11.9. The fourth-order valence-corrected chi connectivity index (χ4v) is 4.17. The van der Waals surface area contributed by atoms with Gasteiger partial charge in [0.15, 0.2) is 0 Å². The van der Waals surface area contributed by atoms with Gasteiger partial charge in [-0.3, -0.25) is 4.90 Å². The summed E-state index contributed by atoms with van der Waals surface area (Å²) in [4.78, 5) is 5.44. The molecule has 3 heteroatoms. The van der Waals surface area contributed by atoms with Crippen molar-refractivity contribution in [3.63, 3.8) is 0 Å². The van der Waals surface area contributed by atoms with Crippen LogP contribution in [0.2, 0.25) is 0 Å². The van der Waals surface area contributed by atoms with Gasteiger partial charge in [-0.25, -0.2) is 0 Å². The smallest absolute Gasteiger partial charge is 0.0564 e. The highest BCUT2D eigenvalue weighted by Gasteiger charge is 2.37. The van der Waals surface area contributed by atoms with Crippen molar-refractivity contribution in [3.05, 3.63) is 21.9 Å². The highest BCUT2D eigenvalue weighted by Crippen LogP contribution is 2.41. The lowest BCUT2D eigenvalue weighted by Gasteiger charge is -2.30. The predicted molar refractivity (Wildman–Crippen MR) is 80.1 cm³/mol. The molecule has 1 fully saturated rings. The van der Waals surface area contributed by atoms with Gasteiger partial charge in [0.05, 0.1) is 6.04 Å². The van der Waals surface area contributed by atoms with Gasteiger partial charge in [-0.2, -0.15) is 0 Å². The van der Waals surface area contributed by atoms with Gasteiger partial charge in [-0.15, -0.1) is 11.3 Å². The van der Waals surface area contributed by atoms with Crippen LogP contribution in [0.25, 0.3) is 0 Å². The van der Waals surface area contributed by atoms with Crippen LogP contribution in [0.5, 0.6) is 0 Å². The summed E-state index contributed by atoms with van der Waals surface area (Å²) in [6.07, 6.45) is 3.92. The maximum Gasteiger partial charge on any atom is 0.0564 e. The molecule has 2 nitrogen and oxygen atoms in total. The Morgan fingerprint density at radius 3 is 2.56 bits per heavy atom. The predicted octanol–water partition coefficient (Wildman–Crippen LogP) is 3.57. The van der Waals surface area contributed by atoms with Crippen molar-refractivity contribution < 1.29 is 0 Å². The number of likely N-dealkylation sites (tertiary alicyclic amines) is 1. The fraction of sp³-hybridized carbons (Fsp3) is 0.733. The SMILES string of the molecule is CCC1(CC)CCN(C(CN)c2ccc(C)s2)C1. The molecule has 0 saturated carbocycles. The van der Waals surface area contributed by atoms with Crippen LogP contribution in [0.1, 0.15) is 48.9 Å². The summed E-state index contributed by atoms with van der Waals surface area (Å²) >= 11 is 1.90. The second kappa shape index (κ2) is 5.72. The van der Waals surface area contributed by atoms with Crippen molar-refractivity contribution in [1.82, 2.24) is 4.90 Å². The van der Waals surface area contributed by atoms with E-state index in [-0.39, 0.29) is 0 Å². The summed E-state index contributed by atoms with van der Waals surface area (Å²) < 4.78 is 0. The summed E-state index contributed by atoms with van der Waals surface area (Å²) in [5, 5.41) is 0. The van der Waals surface area contributed by atoms with E-state index in [1.54, 1.807) is 0 Å². The molecule has 1 saturated heterocycles. The van der Waals surface area contributed by atoms with Gasteiger partial charge < -0.3 is 5.73 Å². The van der Waals surface area contributed by atoms with E-state index in [0.717, 1.165) is 6.54 Å². The molecular formula is C15H26N2S. The molecule has 0 bridgehead atoms. The number of thiophene rings is 1. The van der Waals surface area contributed by atoms with Crippen LogP contribution in [0.3, 0.4) is 0 Å². The minimum Gasteiger partial charge on any atom is -0.329 e.